The summed E-state index contributed by atoms with van der Waals surface area (Å²) in [5, 5.41) is 2.75. The van der Waals surface area contributed by atoms with Crippen LogP contribution in [0.5, 0.6) is 0 Å². The molecule has 0 saturated carbocycles. The van der Waals surface area contributed by atoms with Crippen molar-refractivity contribution in [3.8, 4) is 11.3 Å². The number of imidazole rings is 1. The van der Waals surface area contributed by atoms with Crippen LogP contribution in [0, 0.1) is 0 Å². The van der Waals surface area contributed by atoms with Crippen molar-refractivity contribution in [1.82, 2.24) is 14.9 Å². The summed E-state index contributed by atoms with van der Waals surface area (Å²) in [6, 6.07) is 15.5. The maximum atomic E-state index is 12.9. The highest BCUT2D eigenvalue weighted by Crippen LogP contribution is 2.32. The van der Waals surface area contributed by atoms with Crippen LogP contribution in [0.4, 0.5) is 13.2 Å². The van der Waals surface area contributed by atoms with Gasteiger partial charge in [-0.15, -0.1) is 0 Å². The number of rotatable bonds is 6. The number of halogens is 3. The fourth-order valence-corrected chi connectivity index (χ4v) is 3.09. The van der Waals surface area contributed by atoms with Crippen LogP contribution in [0.3, 0.4) is 0 Å². The van der Waals surface area contributed by atoms with E-state index < -0.39 is 17.6 Å². The zero-order valence-corrected chi connectivity index (χ0v) is 16.3. The van der Waals surface area contributed by atoms with Crippen molar-refractivity contribution >= 4 is 5.91 Å². The number of carbonyl (C=O) groups is 1. The Morgan fingerprint density at radius 1 is 1.03 bits per heavy atom. The van der Waals surface area contributed by atoms with E-state index in [-0.39, 0.29) is 17.1 Å². The second kappa shape index (κ2) is 8.51. The van der Waals surface area contributed by atoms with Crippen LogP contribution in [-0.4, -0.2) is 15.5 Å². The molecule has 0 aliphatic carbocycles. The van der Waals surface area contributed by atoms with Crippen LogP contribution in [0.25, 0.3) is 11.3 Å². The van der Waals surface area contributed by atoms with Crippen LogP contribution in [0.15, 0.2) is 83.8 Å². The lowest BCUT2D eigenvalue weighted by Crippen LogP contribution is -2.22. The highest BCUT2D eigenvalue weighted by molar-refractivity contribution is 5.92. The minimum absolute atomic E-state index is 0.0316. The van der Waals surface area contributed by atoms with E-state index in [4.69, 9.17) is 4.42 Å². The van der Waals surface area contributed by atoms with E-state index in [2.05, 4.69) is 10.3 Å². The molecule has 2 heterocycles. The number of hydrogen-bond acceptors (Lipinski definition) is 3. The van der Waals surface area contributed by atoms with Crippen LogP contribution >= 0.6 is 0 Å². The van der Waals surface area contributed by atoms with E-state index in [1.54, 1.807) is 12.5 Å². The first-order valence-corrected chi connectivity index (χ1v) is 9.48. The fourth-order valence-electron chi connectivity index (χ4n) is 3.09. The minimum atomic E-state index is -4.45. The molecule has 0 fully saturated rings. The summed E-state index contributed by atoms with van der Waals surface area (Å²) in [5.74, 6) is -0.218. The minimum Gasteiger partial charge on any atom is -0.451 e. The summed E-state index contributed by atoms with van der Waals surface area (Å²) in [5.41, 5.74) is 1.49. The summed E-state index contributed by atoms with van der Waals surface area (Å²) < 4.78 is 46.1. The monoisotopic (exact) mass is 425 g/mol. The molecule has 0 bridgehead atoms. The second-order valence-electron chi connectivity index (χ2n) is 6.98. The molecule has 4 rings (SSSR count). The Labute approximate surface area is 176 Å². The standard InChI is InChI=1S/C23H18F3N3O2/c24-23(25,26)19-3-1-2-18(12-19)20-8-9-21(31-20)22(30)28-13-16-4-6-17(7-5-16)14-29-11-10-27-15-29/h1-12,15H,13-14H2,(H,28,30). The van der Waals surface area contributed by atoms with E-state index in [0.717, 1.165) is 23.3 Å². The van der Waals surface area contributed by atoms with E-state index >= 15 is 0 Å². The summed E-state index contributed by atoms with van der Waals surface area (Å²) >= 11 is 0. The second-order valence-corrected chi connectivity index (χ2v) is 6.98. The van der Waals surface area contributed by atoms with Gasteiger partial charge < -0.3 is 14.3 Å². The van der Waals surface area contributed by atoms with Gasteiger partial charge in [-0.25, -0.2) is 4.98 Å². The molecule has 4 aromatic rings. The Balaban J connectivity index is 1.37. The van der Waals surface area contributed by atoms with Crippen molar-refractivity contribution in [2.75, 3.05) is 0 Å². The van der Waals surface area contributed by atoms with Crippen molar-refractivity contribution in [2.45, 2.75) is 19.3 Å². The van der Waals surface area contributed by atoms with Crippen LogP contribution in [-0.2, 0) is 19.3 Å². The van der Waals surface area contributed by atoms with E-state index in [9.17, 15) is 18.0 Å². The number of amides is 1. The SMILES string of the molecule is O=C(NCc1ccc(Cn2ccnc2)cc1)c1ccc(-c2cccc(C(F)(F)F)c2)o1. The topological polar surface area (TPSA) is 60.1 Å². The number of hydrogen-bond donors (Lipinski definition) is 1. The molecule has 2 aromatic carbocycles. The first-order valence-electron chi connectivity index (χ1n) is 9.48. The number of nitrogens with zero attached hydrogens (tertiary/aromatic N) is 2. The van der Waals surface area contributed by atoms with Gasteiger partial charge in [0.1, 0.15) is 5.76 Å². The van der Waals surface area contributed by atoms with Gasteiger partial charge in [-0.2, -0.15) is 13.2 Å². The molecule has 31 heavy (non-hydrogen) atoms. The van der Waals surface area contributed by atoms with Gasteiger partial charge in [0, 0.05) is 31.0 Å². The van der Waals surface area contributed by atoms with Gasteiger partial charge in [-0.1, -0.05) is 36.4 Å². The zero-order chi connectivity index (χ0) is 21.8. The number of aromatic nitrogens is 2. The van der Waals surface area contributed by atoms with Gasteiger partial charge in [-0.05, 0) is 35.4 Å². The fraction of sp³-hybridized carbons (Fsp3) is 0.130. The molecule has 5 nitrogen and oxygen atoms in total. The van der Waals surface area contributed by atoms with E-state index in [1.165, 1.54) is 24.3 Å². The largest absolute Gasteiger partial charge is 0.451 e. The first kappa shape index (κ1) is 20.5. The first-order chi connectivity index (χ1) is 14.9. The lowest BCUT2D eigenvalue weighted by Gasteiger charge is -2.07. The lowest BCUT2D eigenvalue weighted by atomic mass is 10.1. The molecule has 1 amide bonds. The molecule has 0 aliphatic rings. The van der Waals surface area contributed by atoms with Gasteiger partial charge in [0.25, 0.3) is 5.91 Å². The average molecular weight is 425 g/mol. The molecule has 2 aromatic heterocycles. The smallest absolute Gasteiger partial charge is 0.416 e. The quantitative estimate of drug-likeness (QED) is 0.465. The van der Waals surface area contributed by atoms with Crippen LogP contribution in [0.1, 0.15) is 27.2 Å². The summed E-state index contributed by atoms with van der Waals surface area (Å²) in [4.78, 5) is 16.4. The van der Waals surface area contributed by atoms with Crippen molar-refractivity contribution in [2.24, 2.45) is 0 Å². The third-order valence-corrected chi connectivity index (χ3v) is 4.70. The molecule has 0 radical (unpaired) electrons. The number of carbonyl (C=O) groups excluding carboxylic acids is 1. The van der Waals surface area contributed by atoms with Gasteiger partial charge in [0.05, 0.1) is 11.9 Å². The molecular weight excluding hydrogens is 407 g/mol. The molecule has 0 atom stereocenters. The highest BCUT2D eigenvalue weighted by Gasteiger charge is 2.30. The number of furan rings is 1. The highest BCUT2D eigenvalue weighted by atomic mass is 19.4. The number of alkyl halides is 3. The molecule has 0 spiro atoms. The van der Waals surface area contributed by atoms with Gasteiger partial charge >= 0.3 is 6.18 Å². The third kappa shape index (κ3) is 5.03. The number of nitrogens with one attached hydrogen (secondary N) is 1. The Morgan fingerprint density at radius 3 is 2.52 bits per heavy atom. The summed E-state index contributed by atoms with van der Waals surface area (Å²) in [6.07, 6.45) is 0.893. The molecule has 158 valence electrons. The van der Waals surface area contributed by atoms with Crippen LogP contribution < -0.4 is 5.32 Å². The zero-order valence-electron chi connectivity index (χ0n) is 16.3. The number of benzene rings is 2. The van der Waals surface area contributed by atoms with Gasteiger partial charge in [0.15, 0.2) is 5.76 Å². The van der Waals surface area contributed by atoms with Gasteiger partial charge in [-0.3, -0.25) is 4.79 Å². The molecule has 0 unspecified atom stereocenters. The molecule has 8 heteroatoms. The molecule has 1 N–H and O–H groups in total. The Hall–Kier alpha value is -3.81. The maximum Gasteiger partial charge on any atom is 0.416 e. The third-order valence-electron chi connectivity index (χ3n) is 4.70. The Kier molecular flexibility index (Phi) is 5.62. The van der Waals surface area contributed by atoms with Crippen molar-refractivity contribution in [3.63, 3.8) is 0 Å². The molecule has 0 saturated heterocycles. The lowest BCUT2D eigenvalue weighted by molar-refractivity contribution is -0.137. The van der Waals surface area contributed by atoms with E-state index in [1.807, 2.05) is 35.0 Å². The molecule has 0 aliphatic heterocycles. The predicted octanol–water partition coefficient (Wildman–Crippen LogP) is 5.14. The van der Waals surface area contributed by atoms with Gasteiger partial charge in [0.2, 0.25) is 0 Å². The van der Waals surface area contributed by atoms with Crippen molar-refractivity contribution < 1.29 is 22.4 Å². The maximum absolute atomic E-state index is 12.9. The van der Waals surface area contributed by atoms with Crippen molar-refractivity contribution in [3.05, 3.63) is 102 Å². The summed E-state index contributed by atoms with van der Waals surface area (Å²) in [7, 11) is 0. The Morgan fingerprint density at radius 2 is 1.81 bits per heavy atom. The van der Waals surface area contributed by atoms with E-state index in [0.29, 0.717) is 13.1 Å². The van der Waals surface area contributed by atoms with Crippen molar-refractivity contribution in [1.29, 1.82) is 0 Å². The average Bonchev–Trinajstić information content (AvgIpc) is 3.45. The molecular formula is C23H18F3N3O2. The Bertz CT molecular complexity index is 1160. The normalized spacial score (nSPS) is 11.5. The summed E-state index contributed by atoms with van der Waals surface area (Å²) in [6.45, 7) is 1.00. The van der Waals surface area contributed by atoms with Crippen LogP contribution in [0.2, 0.25) is 0 Å². The predicted molar refractivity (Wildman–Crippen MR) is 108 cm³/mol.